The Balaban J connectivity index is 1.49. The second-order valence-electron chi connectivity index (χ2n) is 6.85. The Bertz CT molecular complexity index is 727. The molecule has 2 aromatic heterocycles. The molecule has 9 nitrogen and oxygen atoms in total. The summed E-state index contributed by atoms with van der Waals surface area (Å²) >= 11 is 0. The lowest BCUT2D eigenvalue weighted by molar-refractivity contribution is 0.377. The molecule has 2 saturated heterocycles. The number of ether oxygens (including phenoxy) is 1. The zero-order valence-corrected chi connectivity index (χ0v) is 15.8. The van der Waals surface area contributed by atoms with Crippen molar-refractivity contribution >= 4 is 17.8 Å². The van der Waals surface area contributed by atoms with Crippen molar-refractivity contribution in [1.82, 2.24) is 24.9 Å². The highest BCUT2D eigenvalue weighted by atomic mass is 16.5. The van der Waals surface area contributed by atoms with Gasteiger partial charge in [0.25, 0.3) is 0 Å². The van der Waals surface area contributed by atoms with E-state index in [4.69, 9.17) is 9.72 Å². The van der Waals surface area contributed by atoms with Crippen LogP contribution in [0.2, 0.25) is 0 Å². The zero-order chi connectivity index (χ0) is 18.5. The maximum atomic E-state index is 5.35. The molecule has 2 aliphatic heterocycles. The molecule has 0 N–H and O–H groups in total. The van der Waals surface area contributed by atoms with Gasteiger partial charge in [0.15, 0.2) is 0 Å². The summed E-state index contributed by atoms with van der Waals surface area (Å²) in [5, 5.41) is 0. The van der Waals surface area contributed by atoms with Crippen molar-refractivity contribution in [2.45, 2.75) is 25.7 Å². The topological polar surface area (TPSA) is 83.4 Å². The number of hydrogen-bond donors (Lipinski definition) is 0. The van der Waals surface area contributed by atoms with Crippen LogP contribution in [0.1, 0.15) is 25.7 Å². The van der Waals surface area contributed by atoms with Gasteiger partial charge in [-0.2, -0.15) is 15.0 Å². The van der Waals surface area contributed by atoms with Crippen LogP contribution in [-0.2, 0) is 0 Å². The molecule has 144 valence electrons. The van der Waals surface area contributed by atoms with Gasteiger partial charge >= 0.3 is 6.01 Å². The van der Waals surface area contributed by atoms with Gasteiger partial charge in [0.1, 0.15) is 0 Å². The maximum Gasteiger partial charge on any atom is 0.322 e. The second-order valence-corrected chi connectivity index (χ2v) is 6.85. The first kappa shape index (κ1) is 17.7. The molecular weight excluding hydrogens is 344 g/mol. The van der Waals surface area contributed by atoms with Gasteiger partial charge in [-0.3, -0.25) is 0 Å². The van der Waals surface area contributed by atoms with E-state index in [9.17, 15) is 0 Å². The lowest BCUT2D eigenvalue weighted by atomic mass is 10.2. The number of hydrogen-bond acceptors (Lipinski definition) is 9. The number of rotatable bonds is 4. The summed E-state index contributed by atoms with van der Waals surface area (Å²) in [4.78, 5) is 29.1. The van der Waals surface area contributed by atoms with Gasteiger partial charge in [-0.05, 0) is 18.9 Å². The molecule has 0 saturated carbocycles. The Labute approximate surface area is 159 Å². The minimum atomic E-state index is 0.382. The first-order chi connectivity index (χ1) is 13.3. The lowest BCUT2D eigenvalue weighted by Crippen LogP contribution is -2.47. The van der Waals surface area contributed by atoms with Crippen molar-refractivity contribution in [2.24, 2.45) is 0 Å². The Hall–Kier alpha value is -2.71. The first-order valence-corrected chi connectivity index (χ1v) is 9.65. The average molecular weight is 370 g/mol. The predicted molar refractivity (Wildman–Crippen MR) is 104 cm³/mol. The van der Waals surface area contributed by atoms with E-state index >= 15 is 0 Å². The second kappa shape index (κ2) is 8.32. The van der Waals surface area contributed by atoms with Crippen LogP contribution in [0, 0.1) is 0 Å². The van der Waals surface area contributed by atoms with Crippen molar-refractivity contribution in [2.75, 3.05) is 61.1 Å². The Morgan fingerprint density at radius 2 is 1.19 bits per heavy atom. The van der Waals surface area contributed by atoms with Crippen LogP contribution in [-0.4, -0.2) is 71.3 Å². The maximum absolute atomic E-state index is 5.35. The number of methoxy groups -OCH3 is 1. The zero-order valence-electron chi connectivity index (χ0n) is 15.8. The highest BCUT2D eigenvalue weighted by Gasteiger charge is 2.23. The summed E-state index contributed by atoms with van der Waals surface area (Å²) in [6.07, 6.45) is 8.46. The van der Waals surface area contributed by atoms with E-state index in [1.165, 1.54) is 25.7 Å². The molecular formula is C18H26N8O. The fourth-order valence-electron chi connectivity index (χ4n) is 3.54. The highest BCUT2D eigenvalue weighted by molar-refractivity contribution is 5.43. The van der Waals surface area contributed by atoms with E-state index in [0.717, 1.165) is 51.2 Å². The third kappa shape index (κ3) is 4.17. The molecule has 2 fully saturated rings. The van der Waals surface area contributed by atoms with Gasteiger partial charge in [-0.1, -0.05) is 12.8 Å². The van der Waals surface area contributed by atoms with Crippen LogP contribution in [0.5, 0.6) is 6.01 Å². The van der Waals surface area contributed by atoms with Crippen LogP contribution in [0.3, 0.4) is 0 Å². The van der Waals surface area contributed by atoms with Crippen molar-refractivity contribution in [1.29, 1.82) is 0 Å². The van der Waals surface area contributed by atoms with Crippen molar-refractivity contribution in [3.8, 4) is 6.01 Å². The molecule has 0 atom stereocenters. The molecule has 0 radical (unpaired) electrons. The largest absolute Gasteiger partial charge is 0.467 e. The molecule has 0 bridgehead atoms. The monoisotopic (exact) mass is 370 g/mol. The molecule has 0 unspecified atom stereocenters. The van der Waals surface area contributed by atoms with Crippen LogP contribution in [0.15, 0.2) is 18.5 Å². The van der Waals surface area contributed by atoms with E-state index in [0.29, 0.717) is 12.0 Å². The Morgan fingerprint density at radius 1 is 0.667 bits per heavy atom. The molecule has 4 rings (SSSR count). The van der Waals surface area contributed by atoms with Crippen molar-refractivity contribution in [3.63, 3.8) is 0 Å². The summed E-state index contributed by atoms with van der Waals surface area (Å²) in [6, 6.07) is 2.22. The van der Waals surface area contributed by atoms with Gasteiger partial charge < -0.3 is 19.4 Å². The minimum Gasteiger partial charge on any atom is -0.467 e. The number of anilines is 3. The van der Waals surface area contributed by atoms with E-state index in [-0.39, 0.29) is 0 Å². The molecule has 27 heavy (non-hydrogen) atoms. The van der Waals surface area contributed by atoms with Crippen molar-refractivity contribution in [3.05, 3.63) is 18.5 Å². The third-order valence-corrected chi connectivity index (χ3v) is 5.06. The summed E-state index contributed by atoms with van der Waals surface area (Å²) in [5.74, 6) is 2.19. The fraction of sp³-hybridized carbons (Fsp3) is 0.611. The van der Waals surface area contributed by atoms with Gasteiger partial charge in [-0.25, -0.2) is 9.97 Å². The molecule has 2 aliphatic rings. The van der Waals surface area contributed by atoms with Gasteiger partial charge in [0.05, 0.1) is 7.11 Å². The molecule has 0 spiro atoms. The number of aromatic nitrogens is 5. The van der Waals surface area contributed by atoms with Crippen LogP contribution >= 0.6 is 0 Å². The Kier molecular flexibility index (Phi) is 5.45. The standard InChI is InChI=1S/C18H26N8O/c1-27-18-22-16(24-9-4-2-3-5-10-24)21-17(23-18)26-13-11-25(12-14-26)15-19-7-6-8-20-15/h6-8H,2-5,9-14H2,1H3. The highest BCUT2D eigenvalue weighted by Crippen LogP contribution is 2.22. The van der Waals surface area contributed by atoms with Gasteiger partial charge in [-0.15, -0.1) is 0 Å². The molecule has 2 aromatic rings. The normalized spacial score (nSPS) is 18.3. The molecule has 9 heteroatoms. The van der Waals surface area contributed by atoms with E-state index < -0.39 is 0 Å². The SMILES string of the molecule is COc1nc(N2CCCCCC2)nc(N2CCN(c3ncccn3)CC2)n1. The average Bonchev–Trinajstić information content (AvgIpc) is 3.04. The molecule has 0 amide bonds. The van der Waals surface area contributed by atoms with Gasteiger partial charge in [0.2, 0.25) is 17.8 Å². The molecule has 0 aromatic carbocycles. The molecule has 4 heterocycles. The van der Waals surface area contributed by atoms with Gasteiger partial charge in [0, 0.05) is 51.7 Å². The number of piperazine rings is 1. The lowest BCUT2D eigenvalue weighted by Gasteiger charge is -2.35. The van der Waals surface area contributed by atoms with Crippen molar-refractivity contribution < 1.29 is 4.74 Å². The van der Waals surface area contributed by atoms with Crippen LogP contribution < -0.4 is 19.4 Å². The fourth-order valence-corrected chi connectivity index (χ4v) is 3.54. The first-order valence-electron chi connectivity index (χ1n) is 9.65. The summed E-state index contributed by atoms with van der Waals surface area (Å²) in [7, 11) is 1.61. The van der Waals surface area contributed by atoms with E-state index in [1.807, 2.05) is 6.07 Å². The van der Waals surface area contributed by atoms with Crippen LogP contribution in [0.25, 0.3) is 0 Å². The summed E-state index contributed by atoms with van der Waals surface area (Å²) < 4.78 is 5.35. The van der Waals surface area contributed by atoms with E-state index in [1.54, 1.807) is 19.5 Å². The Morgan fingerprint density at radius 3 is 1.74 bits per heavy atom. The quantitative estimate of drug-likeness (QED) is 0.792. The summed E-state index contributed by atoms with van der Waals surface area (Å²) in [5.41, 5.74) is 0. The van der Waals surface area contributed by atoms with Crippen LogP contribution in [0.4, 0.5) is 17.8 Å². The smallest absolute Gasteiger partial charge is 0.322 e. The van der Waals surface area contributed by atoms with E-state index in [2.05, 4.69) is 34.6 Å². The minimum absolute atomic E-state index is 0.382. The number of nitrogens with zero attached hydrogens (tertiary/aromatic N) is 8. The summed E-state index contributed by atoms with van der Waals surface area (Å²) in [6.45, 7) is 5.27. The third-order valence-electron chi connectivity index (χ3n) is 5.06. The predicted octanol–water partition coefficient (Wildman–Crippen LogP) is 1.38. The molecule has 0 aliphatic carbocycles.